The van der Waals surface area contributed by atoms with Gasteiger partial charge in [0.15, 0.2) is 5.82 Å². The van der Waals surface area contributed by atoms with Gasteiger partial charge in [-0.1, -0.05) is 18.2 Å². The molecule has 0 aliphatic heterocycles. The zero-order chi connectivity index (χ0) is 11.8. The van der Waals surface area contributed by atoms with Crippen molar-refractivity contribution >= 4 is 16.6 Å². The maximum atomic E-state index is 11.6. The summed E-state index contributed by atoms with van der Waals surface area (Å²) in [4.78, 5) is 11.6. The Labute approximate surface area is 93.7 Å². The molecule has 0 aliphatic rings. The maximum absolute atomic E-state index is 11.6. The molecule has 1 aromatic heterocycles. The molecule has 4 nitrogen and oxygen atoms in total. The van der Waals surface area contributed by atoms with Gasteiger partial charge in [0.2, 0.25) is 0 Å². The van der Waals surface area contributed by atoms with Crippen molar-refractivity contribution in [2.45, 2.75) is 26.3 Å². The molecule has 0 fully saturated rings. The molecule has 1 aromatic carbocycles. The van der Waals surface area contributed by atoms with E-state index in [0.29, 0.717) is 11.2 Å². The van der Waals surface area contributed by atoms with Crippen molar-refractivity contribution in [1.82, 2.24) is 10.2 Å². The van der Waals surface area contributed by atoms with Crippen LogP contribution in [0.2, 0.25) is 0 Å². The van der Waals surface area contributed by atoms with Crippen molar-refractivity contribution in [3.8, 4) is 0 Å². The quantitative estimate of drug-likeness (QED) is 0.769. The third kappa shape index (κ3) is 2.05. The number of rotatable bonds is 1. The lowest BCUT2D eigenvalue weighted by Crippen LogP contribution is -2.27. The minimum Gasteiger partial charge on any atom is -0.364 e. The Morgan fingerprint density at radius 3 is 2.44 bits per heavy atom. The molecule has 0 unspecified atom stereocenters. The maximum Gasteiger partial charge on any atom is 0.272 e. The number of nitrogens with zero attached hydrogens (tertiary/aromatic N) is 1. The molecule has 0 saturated carbocycles. The smallest absolute Gasteiger partial charge is 0.272 e. The lowest BCUT2D eigenvalue weighted by molar-refractivity contribution is 0.629. The SMILES string of the molecule is CC(C)(C)Nc1n[nH]c(=O)c2ccccc12. The third-order valence-electron chi connectivity index (χ3n) is 2.19. The molecule has 2 N–H and O–H groups in total. The molecule has 0 aliphatic carbocycles. The summed E-state index contributed by atoms with van der Waals surface area (Å²) in [6.45, 7) is 6.15. The van der Waals surface area contributed by atoms with Gasteiger partial charge in [0.25, 0.3) is 5.56 Å². The Morgan fingerprint density at radius 2 is 1.81 bits per heavy atom. The number of fused-ring (bicyclic) bond motifs is 1. The van der Waals surface area contributed by atoms with Crippen LogP contribution in [-0.2, 0) is 0 Å². The summed E-state index contributed by atoms with van der Waals surface area (Å²) >= 11 is 0. The molecule has 16 heavy (non-hydrogen) atoms. The number of nitrogens with one attached hydrogen (secondary N) is 2. The van der Waals surface area contributed by atoms with Crippen LogP contribution in [0.4, 0.5) is 5.82 Å². The van der Waals surface area contributed by atoms with Crippen molar-refractivity contribution < 1.29 is 0 Å². The summed E-state index contributed by atoms with van der Waals surface area (Å²) in [5.74, 6) is 0.711. The molecular weight excluding hydrogens is 202 g/mol. The summed E-state index contributed by atoms with van der Waals surface area (Å²) < 4.78 is 0. The number of hydrogen-bond acceptors (Lipinski definition) is 3. The van der Waals surface area contributed by atoms with Gasteiger partial charge in [0.05, 0.1) is 5.39 Å². The number of aromatic nitrogens is 2. The Morgan fingerprint density at radius 1 is 1.19 bits per heavy atom. The number of aromatic amines is 1. The fourth-order valence-corrected chi connectivity index (χ4v) is 1.57. The predicted octanol–water partition coefficient (Wildman–Crippen LogP) is 2.13. The van der Waals surface area contributed by atoms with E-state index in [1.807, 2.05) is 18.2 Å². The molecule has 4 heteroatoms. The minimum atomic E-state index is -0.157. The molecule has 0 atom stereocenters. The van der Waals surface area contributed by atoms with Gasteiger partial charge in [-0.3, -0.25) is 4.79 Å². The first kappa shape index (κ1) is 10.7. The van der Waals surface area contributed by atoms with Gasteiger partial charge in [0.1, 0.15) is 0 Å². The summed E-state index contributed by atoms with van der Waals surface area (Å²) in [5.41, 5.74) is -0.247. The highest BCUT2D eigenvalue weighted by molar-refractivity contribution is 5.90. The highest BCUT2D eigenvalue weighted by Gasteiger charge is 2.13. The van der Waals surface area contributed by atoms with Gasteiger partial charge >= 0.3 is 0 Å². The minimum absolute atomic E-state index is 0.0893. The number of hydrogen-bond donors (Lipinski definition) is 2. The van der Waals surface area contributed by atoms with Gasteiger partial charge in [-0.25, -0.2) is 5.10 Å². The summed E-state index contributed by atoms with van der Waals surface area (Å²) in [6, 6.07) is 7.44. The van der Waals surface area contributed by atoms with Crippen molar-refractivity contribution in [3.63, 3.8) is 0 Å². The molecule has 0 spiro atoms. The Hall–Kier alpha value is -1.84. The Bertz CT molecular complexity index is 566. The highest BCUT2D eigenvalue weighted by Crippen LogP contribution is 2.20. The Kier molecular flexibility index (Phi) is 2.42. The van der Waals surface area contributed by atoms with Crippen LogP contribution in [0, 0.1) is 0 Å². The molecule has 2 aromatic rings. The van der Waals surface area contributed by atoms with Gasteiger partial charge in [-0.05, 0) is 26.8 Å². The standard InChI is InChI=1S/C12H15N3O/c1-12(2,3)13-10-8-6-4-5-7-9(8)11(16)15-14-10/h4-7H,1-3H3,(H,13,14)(H,15,16). The summed E-state index contributed by atoms with van der Waals surface area (Å²) in [5, 5.41) is 11.3. The Balaban J connectivity index is 2.64. The molecule has 0 amide bonds. The van der Waals surface area contributed by atoms with E-state index in [2.05, 4.69) is 36.3 Å². The van der Waals surface area contributed by atoms with E-state index in [1.54, 1.807) is 6.07 Å². The fraction of sp³-hybridized carbons (Fsp3) is 0.333. The summed E-state index contributed by atoms with van der Waals surface area (Å²) in [6.07, 6.45) is 0. The highest BCUT2D eigenvalue weighted by atomic mass is 16.1. The number of H-pyrrole nitrogens is 1. The van der Waals surface area contributed by atoms with Crippen molar-refractivity contribution in [1.29, 1.82) is 0 Å². The van der Waals surface area contributed by atoms with Crippen LogP contribution in [0.15, 0.2) is 29.1 Å². The van der Waals surface area contributed by atoms with Gasteiger partial charge in [-0.2, -0.15) is 5.10 Å². The lowest BCUT2D eigenvalue weighted by Gasteiger charge is -2.21. The van der Waals surface area contributed by atoms with Crippen LogP contribution >= 0.6 is 0 Å². The van der Waals surface area contributed by atoms with E-state index in [0.717, 1.165) is 5.39 Å². The molecule has 84 valence electrons. The van der Waals surface area contributed by atoms with Gasteiger partial charge in [-0.15, -0.1) is 0 Å². The first-order chi connectivity index (χ1) is 7.47. The number of benzene rings is 1. The monoisotopic (exact) mass is 217 g/mol. The van der Waals surface area contributed by atoms with Crippen LogP contribution in [0.1, 0.15) is 20.8 Å². The lowest BCUT2D eigenvalue weighted by atomic mass is 10.1. The number of anilines is 1. The fourth-order valence-electron chi connectivity index (χ4n) is 1.57. The van der Waals surface area contributed by atoms with E-state index in [-0.39, 0.29) is 11.1 Å². The van der Waals surface area contributed by atoms with Crippen molar-refractivity contribution in [2.75, 3.05) is 5.32 Å². The second-order valence-electron chi connectivity index (χ2n) is 4.82. The zero-order valence-corrected chi connectivity index (χ0v) is 9.66. The van der Waals surface area contributed by atoms with E-state index in [9.17, 15) is 4.79 Å². The average Bonchev–Trinajstić information content (AvgIpc) is 2.21. The van der Waals surface area contributed by atoms with E-state index in [1.165, 1.54) is 0 Å². The van der Waals surface area contributed by atoms with Gasteiger partial charge < -0.3 is 5.32 Å². The van der Waals surface area contributed by atoms with Crippen LogP contribution in [0.5, 0.6) is 0 Å². The topological polar surface area (TPSA) is 57.8 Å². The van der Waals surface area contributed by atoms with E-state index in [4.69, 9.17) is 0 Å². The molecule has 0 saturated heterocycles. The van der Waals surface area contributed by atoms with Crippen molar-refractivity contribution in [3.05, 3.63) is 34.6 Å². The second kappa shape index (κ2) is 3.63. The van der Waals surface area contributed by atoms with Crippen LogP contribution in [-0.4, -0.2) is 15.7 Å². The predicted molar refractivity (Wildman–Crippen MR) is 65.7 cm³/mol. The molecule has 0 radical (unpaired) electrons. The largest absolute Gasteiger partial charge is 0.364 e. The first-order valence-corrected chi connectivity index (χ1v) is 5.23. The van der Waals surface area contributed by atoms with Crippen LogP contribution < -0.4 is 10.9 Å². The van der Waals surface area contributed by atoms with Gasteiger partial charge in [0, 0.05) is 10.9 Å². The summed E-state index contributed by atoms with van der Waals surface area (Å²) in [7, 11) is 0. The molecule has 1 heterocycles. The van der Waals surface area contributed by atoms with Crippen LogP contribution in [0.25, 0.3) is 10.8 Å². The van der Waals surface area contributed by atoms with E-state index < -0.39 is 0 Å². The first-order valence-electron chi connectivity index (χ1n) is 5.23. The normalized spacial score (nSPS) is 11.7. The average molecular weight is 217 g/mol. The molecular formula is C12H15N3O. The second-order valence-corrected chi connectivity index (χ2v) is 4.82. The zero-order valence-electron chi connectivity index (χ0n) is 9.66. The van der Waals surface area contributed by atoms with Crippen LogP contribution in [0.3, 0.4) is 0 Å². The van der Waals surface area contributed by atoms with Crippen molar-refractivity contribution in [2.24, 2.45) is 0 Å². The van der Waals surface area contributed by atoms with E-state index >= 15 is 0 Å². The molecule has 2 rings (SSSR count). The molecule has 0 bridgehead atoms. The third-order valence-corrected chi connectivity index (χ3v) is 2.19.